The minimum absolute atomic E-state index is 0.110. The molecule has 0 saturated carbocycles. The van der Waals surface area contributed by atoms with Crippen molar-refractivity contribution in [1.29, 1.82) is 0 Å². The van der Waals surface area contributed by atoms with Crippen LogP contribution in [0, 0.1) is 11.8 Å². The Hall–Kier alpha value is -2.05. The Bertz CT molecular complexity index is 772. The van der Waals surface area contributed by atoms with Crippen molar-refractivity contribution in [3.63, 3.8) is 0 Å². The molecule has 0 radical (unpaired) electrons. The maximum absolute atomic E-state index is 12.9. The third-order valence-corrected chi connectivity index (χ3v) is 6.14. The first kappa shape index (κ1) is 29.0. The van der Waals surface area contributed by atoms with Gasteiger partial charge in [0.1, 0.15) is 18.1 Å². The Morgan fingerprint density at radius 1 is 1.18 bits per heavy atom. The quantitative estimate of drug-likeness (QED) is 0.185. The van der Waals surface area contributed by atoms with Crippen molar-refractivity contribution < 1.29 is 43.2 Å². The second kappa shape index (κ2) is 12.4. The van der Waals surface area contributed by atoms with E-state index in [4.69, 9.17) is 15.5 Å². The van der Waals surface area contributed by atoms with Gasteiger partial charge in [-0.15, -0.1) is 0 Å². The maximum Gasteiger partial charge on any atom is 0.469 e. The second-order valence-electron chi connectivity index (χ2n) is 8.52. The molecule has 1 rings (SSSR count). The van der Waals surface area contributed by atoms with Crippen LogP contribution in [0.2, 0.25) is 0 Å². The van der Waals surface area contributed by atoms with E-state index in [1.165, 1.54) is 4.90 Å². The molecule has 1 fully saturated rings. The van der Waals surface area contributed by atoms with Gasteiger partial charge in [-0.3, -0.25) is 18.9 Å². The van der Waals surface area contributed by atoms with Gasteiger partial charge in [-0.05, 0) is 24.7 Å². The number of carboxylic acid groups (broad SMARTS) is 1. The summed E-state index contributed by atoms with van der Waals surface area (Å²) < 4.78 is 15.5. The zero-order valence-electron chi connectivity index (χ0n) is 19.3. The van der Waals surface area contributed by atoms with Crippen LogP contribution in [-0.2, 0) is 28.3 Å². The van der Waals surface area contributed by atoms with Crippen LogP contribution < -0.4 is 16.4 Å². The fourth-order valence-electron chi connectivity index (χ4n) is 3.38. The summed E-state index contributed by atoms with van der Waals surface area (Å²) in [4.78, 5) is 69.1. The zero-order valence-corrected chi connectivity index (χ0v) is 20.2. The van der Waals surface area contributed by atoms with Crippen molar-refractivity contribution in [2.75, 3.05) is 13.2 Å². The van der Waals surface area contributed by atoms with Gasteiger partial charge in [0.05, 0.1) is 12.6 Å². The number of nitrogens with two attached hydrogens (primary N) is 1. The first-order valence-electron chi connectivity index (χ1n) is 10.8. The van der Waals surface area contributed by atoms with E-state index in [-0.39, 0.29) is 5.92 Å². The number of nitrogens with one attached hydrogen (secondary N) is 2. The van der Waals surface area contributed by atoms with E-state index in [2.05, 4.69) is 15.2 Å². The van der Waals surface area contributed by atoms with E-state index in [9.17, 15) is 28.8 Å². The highest BCUT2D eigenvalue weighted by molar-refractivity contribution is 7.46. The molecule has 1 aliphatic heterocycles. The van der Waals surface area contributed by atoms with Crippen molar-refractivity contribution in [1.82, 2.24) is 15.5 Å². The Morgan fingerprint density at radius 2 is 1.79 bits per heavy atom. The van der Waals surface area contributed by atoms with Crippen LogP contribution in [0.25, 0.3) is 0 Å². The average Bonchev–Trinajstić information content (AvgIpc) is 3.21. The Balaban J connectivity index is 3.02. The molecular formula is C19H35N4O9P. The summed E-state index contributed by atoms with van der Waals surface area (Å²) in [6.45, 7) is 6.21. The number of carboxylic acids is 1. The summed E-state index contributed by atoms with van der Waals surface area (Å²) in [5.41, 5.74) is 6.02. The summed E-state index contributed by atoms with van der Waals surface area (Å²) in [7, 11) is -4.98. The third-order valence-electron chi connectivity index (χ3n) is 5.65. The molecule has 1 heterocycles. The molecule has 1 aliphatic rings. The summed E-state index contributed by atoms with van der Waals surface area (Å²) in [6.07, 6.45) is 1.50. The lowest BCUT2D eigenvalue weighted by Gasteiger charge is -2.30. The van der Waals surface area contributed by atoms with Crippen LogP contribution in [0.5, 0.6) is 0 Å². The van der Waals surface area contributed by atoms with Crippen LogP contribution in [0.15, 0.2) is 0 Å². The van der Waals surface area contributed by atoms with Crippen LogP contribution in [0.3, 0.4) is 0 Å². The molecule has 14 heteroatoms. The molecule has 190 valence electrons. The van der Waals surface area contributed by atoms with E-state index in [1.807, 2.05) is 13.8 Å². The summed E-state index contributed by atoms with van der Waals surface area (Å²) >= 11 is 0. The Morgan fingerprint density at radius 3 is 2.27 bits per heavy atom. The van der Waals surface area contributed by atoms with Crippen molar-refractivity contribution in [3.8, 4) is 0 Å². The lowest BCUT2D eigenvalue weighted by atomic mass is 9.98. The van der Waals surface area contributed by atoms with E-state index >= 15 is 0 Å². The number of nitrogens with zero attached hydrogens (tertiary/aromatic N) is 1. The van der Waals surface area contributed by atoms with Crippen LogP contribution in [0.1, 0.15) is 47.0 Å². The van der Waals surface area contributed by atoms with Gasteiger partial charge in [0.25, 0.3) is 0 Å². The van der Waals surface area contributed by atoms with Gasteiger partial charge >= 0.3 is 13.8 Å². The highest BCUT2D eigenvalue weighted by Crippen LogP contribution is 2.35. The normalized spacial score (nSPS) is 20.1. The predicted molar refractivity (Wildman–Crippen MR) is 116 cm³/mol. The molecule has 0 aromatic carbocycles. The van der Waals surface area contributed by atoms with Crippen LogP contribution in [-0.4, -0.2) is 80.8 Å². The number of phosphoric acid groups is 1. The van der Waals surface area contributed by atoms with Gasteiger partial charge in [-0.25, -0.2) is 9.36 Å². The van der Waals surface area contributed by atoms with Crippen molar-refractivity contribution in [2.24, 2.45) is 17.6 Å². The molecule has 0 bridgehead atoms. The topological polar surface area (TPSA) is 209 Å². The van der Waals surface area contributed by atoms with Gasteiger partial charge in [-0.1, -0.05) is 34.1 Å². The molecule has 0 aromatic heterocycles. The number of rotatable bonds is 12. The molecule has 5 atom stereocenters. The number of aliphatic carboxylic acids is 1. The molecule has 0 aliphatic carbocycles. The largest absolute Gasteiger partial charge is 0.480 e. The lowest BCUT2D eigenvalue weighted by molar-refractivity contribution is -0.144. The molecular weight excluding hydrogens is 459 g/mol. The molecule has 1 saturated heterocycles. The number of carbonyl (C=O) groups excluding carboxylic acids is 3. The second-order valence-corrected chi connectivity index (χ2v) is 9.76. The molecule has 3 amide bonds. The first-order valence-corrected chi connectivity index (χ1v) is 12.3. The smallest absolute Gasteiger partial charge is 0.469 e. The highest BCUT2D eigenvalue weighted by atomic mass is 31.2. The van der Waals surface area contributed by atoms with E-state index in [0.717, 1.165) is 0 Å². The highest BCUT2D eigenvalue weighted by Gasteiger charge is 2.39. The van der Waals surface area contributed by atoms with Crippen LogP contribution >= 0.6 is 7.82 Å². The summed E-state index contributed by atoms with van der Waals surface area (Å²) in [6, 6.07) is -4.64. The van der Waals surface area contributed by atoms with Gasteiger partial charge in [0, 0.05) is 6.54 Å². The van der Waals surface area contributed by atoms with Crippen LogP contribution in [0.4, 0.5) is 0 Å². The maximum atomic E-state index is 12.9. The number of likely N-dealkylation sites (tertiary alicyclic amines) is 1. The van der Waals surface area contributed by atoms with Crippen molar-refractivity contribution >= 4 is 31.5 Å². The van der Waals surface area contributed by atoms with Gasteiger partial charge < -0.3 is 36.2 Å². The Kier molecular flexibility index (Phi) is 10.9. The molecule has 33 heavy (non-hydrogen) atoms. The van der Waals surface area contributed by atoms with Gasteiger partial charge in [-0.2, -0.15) is 0 Å². The molecule has 7 N–H and O–H groups in total. The first-order chi connectivity index (χ1) is 15.2. The molecule has 0 spiro atoms. The SMILES string of the molecule is CC[C@H](C)[C@H](N)C(=O)N1CCC[C@H]1C(=O)N[C@@H](COP(=O)(O)O)C(=O)N[C@H](C(=O)O)C(C)C. The van der Waals surface area contributed by atoms with Crippen molar-refractivity contribution in [2.45, 2.75) is 71.1 Å². The number of amides is 3. The van der Waals surface area contributed by atoms with E-state index in [0.29, 0.717) is 25.8 Å². The number of phosphoric ester groups is 1. The average molecular weight is 494 g/mol. The standard InChI is InChI=1S/C19H35N4O9P/c1-5-11(4)14(20)18(26)23-8-6-7-13(23)17(25)21-12(9-32-33(29,30)31)16(24)22-15(10(2)3)19(27)28/h10-15H,5-9,20H2,1-4H3,(H,21,25)(H,22,24)(H,27,28)(H2,29,30,31)/t11-,12-,13-,14-,15-/m0/s1. The minimum atomic E-state index is -4.98. The van der Waals surface area contributed by atoms with E-state index < -0.39 is 68.2 Å². The Labute approximate surface area is 192 Å². The predicted octanol–water partition coefficient (Wildman–Crippen LogP) is -0.830. The number of hydrogen-bond acceptors (Lipinski definition) is 7. The third kappa shape index (κ3) is 8.67. The van der Waals surface area contributed by atoms with Crippen molar-refractivity contribution in [3.05, 3.63) is 0 Å². The summed E-state index contributed by atoms with van der Waals surface area (Å²) in [5.74, 6) is -4.06. The molecule has 13 nitrogen and oxygen atoms in total. The number of carbonyl (C=O) groups is 4. The monoisotopic (exact) mass is 494 g/mol. The summed E-state index contributed by atoms with van der Waals surface area (Å²) in [5, 5.41) is 13.9. The lowest BCUT2D eigenvalue weighted by Crippen LogP contribution is -2.58. The van der Waals surface area contributed by atoms with E-state index in [1.54, 1.807) is 13.8 Å². The fourth-order valence-corrected chi connectivity index (χ4v) is 3.72. The zero-order chi connectivity index (χ0) is 25.5. The minimum Gasteiger partial charge on any atom is -0.480 e. The number of hydrogen-bond donors (Lipinski definition) is 6. The molecule has 0 unspecified atom stereocenters. The van der Waals surface area contributed by atoms with Gasteiger partial charge in [0.15, 0.2) is 0 Å². The fraction of sp³-hybridized carbons (Fsp3) is 0.789. The van der Waals surface area contributed by atoms with Gasteiger partial charge in [0.2, 0.25) is 17.7 Å². The molecule has 0 aromatic rings.